The maximum Gasteiger partial charge on any atom is 0.320 e. The van der Waals surface area contributed by atoms with Crippen LogP contribution in [0.25, 0.3) is 0 Å². The highest BCUT2D eigenvalue weighted by atomic mass is 16.5. The van der Waals surface area contributed by atoms with Crippen molar-refractivity contribution in [2.45, 2.75) is 31.8 Å². The summed E-state index contributed by atoms with van der Waals surface area (Å²) in [6, 6.07) is -0.161. The van der Waals surface area contributed by atoms with E-state index in [0.717, 1.165) is 19.4 Å². The molecule has 2 unspecified atom stereocenters. The fourth-order valence-corrected chi connectivity index (χ4v) is 1.54. The number of carboxylic acid groups (broad SMARTS) is 1. The van der Waals surface area contributed by atoms with Crippen LogP contribution in [0.1, 0.15) is 19.8 Å². The highest BCUT2D eigenvalue weighted by molar-refractivity contribution is 5.72. The first-order valence-corrected chi connectivity index (χ1v) is 4.65. The number of likely N-dealkylation sites (N-methyl/N-ethyl adjacent to an activating group) is 1. The van der Waals surface area contributed by atoms with Crippen molar-refractivity contribution in [3.8, 4) is 0 Å². The predicted octanol–water partition coefficient (Wildman–Crippen LogP) is 0.570. The molecule has 0 aromatic rings. The lowest BCUT2D eigenvalue weighted by molar-refractivity contribution is -0.143. The molecular formula is C9H17NO3. The Morgan fingerprint density at radius 1 is 1.69 bits per heavy atom. The Balaban J connectivity index is 2.44. The van der Waals surface area contributed by atoms with Crippen LogP contribution in [0.3, 0.4) is 0 Å². The Morgan fingerprint density at radius 3 is 2.85 bits per heavy atom. The van der Waals surface area contributed by atoms with Crippen molar-refractivity contribution in [1.29, 1.82) is 0 Å². The first-order valence-electron chi connectivity index (χ1n) is 4.65. The van der Waals surface area contributed by atoms with Crippen LogP contribution >= 0.6 is 0 Å². The molecule has 0 aromatic carbocycles. The lowest BCUT2D eigenvalue weighted by atomic mass is 10.1. The average molecular weight is 187 g/mol. The van der Waals surface area contributed by atoms with Crippen LogP contribution in [0.5, 0.6) is 0 Å². The standard InChI is InChI=1S/C9H17NO3/c1-7(9(11)12)10(2)8-4-3-5-13-6-8/h7-8H,3-6H2,1-2H3,(H,11,12). The summed E-state index contributed by atoms with van der Waals surface area (Å²) < 4.78 is 5.30. The number of hydrogen-bond donors (Lipinski definition) is 1. The molecule has 0 saturated carbocycles. The van der Waals surface area contributed by atoms with Gasteiger partial charge < -0.3 is 9.84 Å². The minimum atomic E-state index is -0.770. The minimum absolute atomic E-state index is 0.264. The molecule has 0 aliphatic carbocycles. The molecule has 1 heterocycles. The highest BCUT2D eigenvalue weighted by Crippen LogP contribution is 2.14. The van der Waals surface area contributed by atoms with E-state index in [-0.39, 0.29) is 6.04 Å². The smallest absolute Gasteiger partial charge is 0.320 e. The van der Waals surface area contributed by atoms with Crippen LogP contribution in [-0.4, -0.2) is 48.3 Å². The summed E-state index contributed by atoms with van der Waals surface area (Å²) in [5.74, 6) is -0.770. The van der Waals surface area contributed by atoms with E-state index in [0.29, 0.717) is 6.61 Å². The van der Waals surface area contributed by atoms with Crippen molar-refractivity contribution in [1.82, 2.24) is 4.90 Å². The van der Waals surface area contributed by atoms with Crippen molar-refractivity contribution in [3.05, 3.63) is 0 Å². The fraction of sp³-hybridized carbons (Fsp3) is 0.889. The SMILES string of the molecule is CC(C(=O)O)N(C)C1CCCOC1. The van der Waals surface area contributed by atoms with E-state index in [4.69, 9.17) is 9.84 Å². The third kappa shape index (κ3) is 2.67. The van der Waals surface area contributed by atoms with Crippen LogP contribution in [0.15, 0.2) is 0 Å². The zero-order chi connectivity index (χ0) is 9.84. The molecular weight excluding hydrogens is 170 g/mol. The quantitative estimate of drug-likeness (QED) is 0.701. The molecule has 1 aliphatic rings. The molecule has 0 amide bonds. The van der Waals surface area contributed by atoms with Gasteiger partial charge in [-0.1, -0.05) is 0 Å². The number of carboxylic acids is 1. The molecule has 1 fully saturated rings. The number of aliphatic carboxylic acids is 1. The van der Waals surface area contributed by atoms with E-state index < -0.39 is 12.0 Å². The Hall–Kier alpha value is -0.610. The summed E-state index contributed by atoms with van der Waals surface area (Å²) in [6.45, 7) is 3.18. The maximum absolute atomic E-state index is 10.7. The Morgan fingerprint density at radius 2 is 2.38 bits per heavy atom. The van der Waals surface area contributed by atoms with Crippen molar-refractivity contribution < 1.29 is 14.6 Å². The highest BCUT2D eigenvalue weighted by Gasteiger charge is 2.25. The molecule has 76 valence electrons. The Labute approximate surface area is 78.5 Å². The van der Waals surface area contributed by atoms with Crippen LogP contribution in [0.2, 0.25) is 0 Å². The van der Waals surface area contributed by atoms with E-state index in [1.165, 1.54) is 0 Å². The van der Waals surface area contributed by atoms with Crippen molar-refractivity contribution >= 4 is 5.97 Å². The second-order valence-corrected chi connectivity index (χ2v) is 3.55. The van der Waals surface area contributed by atoms with Crippen molar-refractivity contribution in [2.75, 3.05) is 20.3 Å². The van der Waals surface area contributed by atoms with Crippen LogP contribution < -0.4 is 0 Å². The summed E-state index contributed by atoms with van der Waals surface area (Å²) in [7, 11) is 1.85. The molecule has 1 aliphatic heterocycles. The summed E-state index contributed by atoms with van der Waals surface area (Å²) in [4.78, 5) is 12.6. The predicted molar refractivity (Wildman–Crippen MR) is 48.7 cm³/mol. The molecule has 4 heteroatoms. The number of hydrogen-bond acceptors (Lipinski definition) is 3. The first kappa shape index (κ1) is 10.5. The van der Waals surface area contributed by atoms with Gasteiger partial charge >= 0.3 is 5.97 Å². The van der Waals surface area contributed by atoms with Gasteiger partial charge in [-0.3, -0.25) is 9.69 Å². The second kappa shape index (κ2) is 4.58. The first-order chi connectivity index (χ1) is 6.13. The normalized spacial score (nSPS) is 25.9. The van der Waals surface area contributed by atoms with Crippen LogP contribution in [0, 0.1) is 0 Å². The minimum Gasteiger partial charge on any atom is -0.480 e. The van der Waals surface area contributed by atoms with Gasteiger partial charge in [-0.05, 0) is 26.8 Å². The van der Waals surface area contributed by atoms with Crippen molar-refractivity contribution in [3.63, 3.8) is 0 Å². The van der Waals surface area contributed by atoms with E-state index in [1.807, 2.05) is 11.9 Å². The van der Waals surface area contributed by atoms with Gasteiger partial charge in [-0.25, -0.2) is 0 Å². The topological polar surface area (TPSA) is 49.8 Å². The van der Waals surface area contributed by atoms with Gasteiger partial charge in [0, 0.05) is 12.6 Å². The molecule has 4 nitrogen and oxygen atoms in total. The Bertz CT molecular complexity index is 178. The largest absolute Gasteiger partial charge is 0.480 e. The van der Waals surface area contributed by atoms with E-state index in [1.54, 1.807) is 6.92 Å². The third-order valence-electron chi connectivity index (χ3n) is 2.68. The Kier molecular flexibility index (Phi) is 3.69. The molecule has 1 N–H and O–H groups in total. The van der Waals surface area contributed by atoms with Gasteiger partial charge in [0.25, 0.3) is 0 Å². The van der Waals surface area contributed by atoms with Crippen LogP contribution in [-0.2, 0) is 9.53 Å². The number of ether oxygens (including phenoxy) is 1. The molecule has 0 spiro atoms. The maximum atomic E-state index is 10.7. The van der Waals surface area contributed by atoms with Gasteiger partial charge in [0.1, 0.15) is 6.04 Å². The monoisotopic (exact) mass is 187 g/mol. The summed E-state index contributed by atoms with van der Waals surface area (Å²) in [6.07, 6.45) is 2.06. The van der Waals surface area contributed by atoms with Gasteiger partial charge in [-0.15, -0.1) is 0 Å². The second-order valence-electron chi connectivity index (χ2n) is 3.55. The molecule has 0 aromatic heterocycles. The average Bonchev–Trinajstić information content (AvgIpc) is 2.17. The lowest BCUT2D eigenvalue weighted by Crippen LogP contribution is -2.46. The molecule has 0 radical (unpaired) electrons. The van der Waals surface area contributed by atoms with Crippen molar-refractivity contribution in [2.24, 2.45) is 0 Å². The number of nitrogens with zero attached hydrogens (tertiary/aromatic N) is 1. The van der Waals surface area contributed by atoms with E-state index in [2.05, 4.69) is 0 Å². The van der Waals surface area contributed by atoms with E-state index in [9.17, 15) is 4.79 Å². The zero-order valence-corrected chi connectivity index (χ0v) is 8.19. The van der Waals surface area contributed by atoms with Gasteiger partial charge in [0.2, 0.25) is 0 Å². The number of rotatable bonds is 3. The summed E-state index contributed by atoms with van der Waals surface area (Å²) >= 11 is 0. The molecule has 13 heavy (non-hydrogen) atoms. The summed E-state index contributed by atoms with van der Waals surface area (Å²) in [5, 5.41) is 8.80. The van der Waals surface area contributed by atoms with E-state index >= 15 is 0 Å². The van der Waals surface area contributed by atoms with Gasteiger partial charge in [0.05, 0.1) is 6.61 Å². The molecule has 2 atom stereocenters. The zero-order valence-electron chi connectivity index (χ0n) is 8.19. The molecule has 0 bridgehead atoms. The fourth-order valence-electron chi connectivity index (χ4n) is 1.54. The third-order valence-corrected chi connectivity index (χ3v) is 2.68. The van der Waals surface area contributed by atoms with Gasteiger partial charge in [-0.2, -0.15) is 0 Å². The molecule has 1 saturated heterocycles. The molecule has 1 rings (SSSR count). The lowest BCUT2D eigenvalue weighted by Gasteiger charge is -2.33. The number of carbonyl (C=O) groups is 1. The van der Waals surface area contributed by atoms with Gasteiger partial charge in [0.15, 0.2) is 0 Å². The summed E-state index contributed by atoms with van der Waals surface area (Å²) in [5.41, 5.74) is 0. The van der Waals surface area contributed by atoms with Crippen LogP contribution in [0.4, 0.5) is 0 Å².